The molecule has 1 heterocycles. The number of rotatable bonds is 7. The number of methoxy groups -OCH3 is 1. The Kier molecular flexibility index (Phi) is 6.24. The summed E-state index contributed by atoms with van der Waals surface area (Å²) in [5.41, 5.74) is 2.62. The second kappa shape index (κ2) is 9.13. The van der Waals surface area contributed by atoms with E-state index in [9.17, 15) is 19.7 Å². The van der Waals surface area contributed by atoms with Gasteiger partial charge in [0.2, 0.25) is 0 Å². The van der Waals surface area contributed by atoms with E-state index in [0.29, 0.717) is 17.0 Å². The van der Waals surface area contributed by atoms with Crippen LogP contribution < -0.4 is 5.32 Å². The average molecular weight is 463 g/mol. The van der Waals surface area contributed by atoms with Crippen LogP contribution in [0.2, 0.25) is 0 Å². The Morgan fingerprint density at radius 2 is 1.79 bits per heavy atom. The number of dihydropyridines is 1. The Morgan fingerprint density at radius 1 is 1.09 bits per heavy atom. The normalized spacial score (nSPS) is 18.7. The maximum atomic E-state index is 13.5. The summed E-state index contributed by atoms with van der Waals surface area (Å²) in [6.07, 6.45) is 1.62. The van der Waals surface area contributed by atoms with E-state index in [1.807, 2.05) is 30.3 Å². The summed E-state index contributed by atoms with van der Waals surface area (Å²) < 4.78 is 10.5. The topological polar surface area (TPSA) is 108 Å². The van der Waals surface area contributed by atoms with E-state index < -0.39 is 28.2 Å². The minimum Gasteiger partial charge on any atom is -0.466 e. The van der Waals surface area contributed by atoms with Gasteiger partial charge in [0.15, 0.2) is 0 Å². The zero-order valence-corrected chi connectivity index (χ0v) is 19.3. The van der Waals surface area contributed by atoms with E-state index in [4.69, 9.17) is 9.47 Å². The highest BCUT2D eigenvalue weighted by Gasteiger charge is 2.53. The van der Waals surface area contributed by atoms with Crippen LogP contribution >= 0.6 is 0 Å². The molecule has 1 N–H and O–H groups in total. The highest BCUT2D eigenvalue weighted by atomic mass is 16.6. The number of non-ortho nitro benzene ring substituents is 1. The van der Waals surface area contributed by atoms with E-state index in [0.717, 1.165) is 18.4 Å². The van der Waals surface area contributed by atoms with Crippen molar-refractivity contribution >= 4 is 17.6 Å². The number of nitrogens with one attached hydrogen (secondary N) is 1. The maximum absolute atomic E-state index is 13.5. The minimum atomic E-state index is -0.885. The molecule has 0 radical (unpaired) electrons. The summed E-state index contributed by atoms with van der Waals surface area (Å²) in [5, 5.41) is 14.8. The molecule has 1 fully saturated rings. The molecular formula is C26H26N2O6. The highest BCUT2D eigenvalue weighted by molar-refractivity contribution is 6.00. The zero-order valence-electron chi connectivity index (χ0n) is 19.3. The van der Waals surface area contributed by atoms with Crippen molar-refractivity contribution in [2.45, 2.75) is 38.0 Å². The smallest absolute Gasteiger partial charge is 0.336 e. The van der Waals surface area contributed by atoms with Crippen LogP contribution in [0.1, 0.15) is 43.7 Å². The van der Waals surface area contributed by atoms with Crippen LogP contribution in [0.4, 0.5) is 5.69 Å². The molecule has 1 unspecified atom stereocenters. The molecule has 176 valence electrons. The molecule has 2 aromatic rings. The third kappa shape index (κ3) is 3.96. The highest BCUT2D eigenvalue weighted by Crippen LogP contribution is 2.57. The zero-order chi connectivity index (χ0) is 24.5. The Morgan fingerprint density at radius 3 is 2.38 bits per heavy atom. The molecule has 2 aromatic carbocycles. The van der Waals surface area contributed by atoms with Gasteiger partial charge in [-0.15, -0.1) is 0 Å². The van der Waals surface area contributed by atoms with Crippen molar-refractivity contribution in [3.05, 3.63) is 98.4 Å². The van der Waals surface area contributed by atoms with Gasteiger partial charge < -0.3 is 14.8 Å². The molecule has 1 atom stereocenters. The summed E-state index contributed by atoms with van der Waals surface area (Å²) in [6.45, 7) is 3.61. The summed E-state index contributed by atoms with van der Waals surface area (Å²) in [7, 11) is 1.27. The number of nitrogens with zero attached hydrogens (tertiary/aromatic N) is 1. The monoisotopic (exact) mass is 462 g/mol. The van der Waals surface area contributed by atoms with Gasteiger partial charge in [-0.1, -0.05) is 42.5 Å². The number of benzene rings is 2. The molecule has 34 heavy (non-hydrogen) atoms. The molecule has 8 nitrogen and oxygen atoms in total. The predicted octanol–water partition coefficient (Wildman–Crippen LogP) is 4.28. The Bertz CT molecular complexity index is 1210. The van der Waals surface area contributed by atoms with Crippen LogP contribution in [0, 0.1) is 10.1 Å². The average Bonchev–Trinajstić information content (AvgIpc) is 3.65. The first-order chi connectivity index (χ1) is 16.3. The van der Waals surface area contributed by atoms with Crippen LogP contribution in [0.3, 0.4) is 0 Å². The van der Waals surface area contributed by atoms with Crippen LogP contribution in [-0.2, 0) is 24.5 Å². The third-order valence-electron chi connectivity index (χ3n) is 6.43. The van der Waals surface area contributed by atoms with Gasteiger partial charge in [0, 0.05) is 28.9 Å². The van der Waals surface area contributed by atoms with E-state index in [1.165, 1.54) is 19.2 Å². The largest absolute Gasteiger partial charge is 0.466 e. The Labute approximate surface area is 197 Å². The molecule has 0 bridgehead atoms. The first-order valence-electron chi connectivity index (χ1n) is 11.1. The van der Waals surface area contributed by atoms with Crippen molar-refractivity contribution in [2.75, 3.05) is 13.7 Å². The lowest BCUT2D eigenvalue weighted by Crippen LogP contribution is -2.37. The van der Waals surface area contributed by atoms with Crippen molar-refractivity contribution in [3.63, 3.8) is 0 Å². The van der Waals surface area contributed by atoms with E-state index in [-0.39, 0.29) is 23.4 Å². The molecule has 2 aliphatic rings. The van der Waals surface area contributed by atoms with Gasteiger partial charge in [-0.3, -0.25) is 10.1 Å². The SMILES string of the molecule is CCOC(=O)C1=C(C2(c3ccccc3)CC2)NC(C)=C(C(=O)OC)C1c1cccc([N+](=O)[O-])c1. The lowest BCUT2D eigenvalue weighted by molar-refractivity contribution is -0.384. The molecule has 8 heteroatoms. The van der Waals surface area contributed by atoms with E-state index in [2.05, 4.69) is 5.32 Å². The van der Waals surface area contributed by atoms with Crippen LogP contribution in [0.5, 0.6) is 0 Å². The number of hydrogen-bond acceptors (Lipinski definition) is 7. The van der Waals surface area contributed by atoms with Gasteiger partial charge in [0.05, 0.1) is 35.7 Å². The van der Waals surface area contributed by atoms with Crippen molar-refractivity contribution in [1.82, 2.24) is 5.32 Å². The second-order valence-electron chi connectivity index (χ2n) is 8.40. The quantitative estimate of drug-likeness (QED) is 0.372. The Balaban J connectivity index is 2.00. The van der Waals surface area contributed by atoms with Crippen molar-refractivity contribution in [3.8, 4) is 0 Å². The lowest BCUT2D eigenvalue weighted by Gasteiger charge is -2.35. The molecule has 0 amide bonds. The van der Waals surface area contributed by atoms with Crippen LogP contribution in [-0.4, -0.2) is 30.6 Å². The number of hydrogen-bond donors (Lipinski definition) is 1. The molecular weight excluding hydrogens is 436 g/mol. The second-order valence-corrected chi connectivity index (χ2v) is 8.40. The number of carbonyl (C=O) groups excluding carboxylic acids is 2. The summed E-state index contributed by atoms with van der Waals surface area (Å²) in [4.78, 5) is 37.4. The number of carbonyl (C=O) groups is 2. The molecule has 0 saturated heterocycles. The van der Waals surface area contributed by atoms with E-state index in [1.54, 1.807) is 26.0 Å². The number of esters is 2. The summed E-state index contributed by atoms with van der Waals surface area (Å²) in [5.74, 6) is -2.08. The fourth-order valence-electron chi connectivity index (χ4n) is 4.73. The lowest BCUT2D eigenvalue weighted by atomic mass is 9.76. The van der Waals surface area contributed by atoms with Gasteiger partial charge in [-0.05, 0) is 37.8 Å². The van der Waals surface area contributed by atoms with Gasteiger partial charge in [-0.25, -0.2) is 9.59 Å². The van der Waals surface area contributed by atoms with Gasteiger partial charge in [0.25, 0.3) is 5.69 Å². The fourth-order valence-corrected chi connectivity index (χ4v) is 4.73. The van der Waals surface area contributed by atoms with Crippen molar-refractivity contribution in [1.29, 1.82) is 0 Å². The molecule has 0 spiro atoms. The predicted molar refractivity (Wildman–Crippen MR) is 125 cm³/mol. The number of nitro groups is 1. The minimum absolute atomic E-state index is 0.133. The van der Waals surface area contributed by atoms with Gasteiger partial charge in [0.1, 0.15) is 0 Å². The number of allylic oxidation sites excluding steroid dienone is 2. The van der Waals surface area contributed by atoms with E-state index >= 15 is 0 Å². The molecule has 0 aromatic heterocycles. The third-order valence-corrected chi connectivity index (χ3v) is 6.43. The fraction of sp³-hybridized carbons (Fsp3) is 0.308. The molecule has 1 aliphatic carbocycles. The molecule has 1 aliphatic heterocycles. The van der Waals surface area contributed by atoms with Gasteiger partial charge >= 0.3 is 11.9 Å². The first kappa shape index (κ1) is 23.2. The Hall–Kier alpha value is -3.94. The number of nitro benzene ring substituents is 1. The maximum Gasteiger partial charge on any atom is 0.336 e. The van der Waals surface area contributed by atoms with Crippen molar-refractivity contribution < 1.29 is 24.0 Å². The summed E-state index contributed by atoms with van der Waals surface area (Å²) in [6, 6.07) is 15.9. The van der Waals surface area contributed by atoms with Crippen LogP contribution in [0.15, 0.2) is 77.1 Å². The standard InChI is InChI=1S/C26H26N2O6/c1-4-34-25(30)22-21(17-9-8-12-19(15-17)28(31)32)20(24(29)33-3)16(2)27-23(22)26(13-14-26)18-10-6-5-7-11-18/h5-12,15,21,27H,4,13-14H2,1-3H3. The first-order valence-corrected chi connectivity index (χ1v) is 11.1. The van der Waals surface area contributed by atoms with Crippen molar-refractivity contribution in [2.24, 2.45) is 0 Å². The number of ether oxygens (including phenoxy) is 2. The molecule has 1 saturated carbocycles. The molecule has 4 rings (SSSR count). The van der Waals surface area contributed by atoms with Crippen LogP contribution in [0.25, 0.3) is 0 Å². The van der Waals surface area contributed by atoms with Gasteiger partial charge in [-0.2, -0.15) is 0 Å². The summed E-state index contributed by atoms with van der Waals surface area (Å²) >= 11 is 0.